The molecule has 0 spiro atoms. The Kier molecular flexibility index (Phi) is 8.50. The minimum Gasteiger partial charge on any atom is -0.465 e. The first kappa shape index (κ1) is 21.3. The van der Waals surface area contributed by atoms with Crippen molar-refractivity contribution in [1.29, 1.82) is 0 Å². The number of rotatable bonds is 10. The van der Waals surface area contributed by atoms with E-state index in [2.05, 4.69) is 10.6 Å². The molecule has 0 aromatic carbocycles. The summed E-state index contributed by atoms with van der Waals surface area (Å²) in [7, 11) is 0. The molecule has 0 aliphatic heterocycles. The molecule has 8 heteroatoms. The summed E-state index contributed by atoms with van der Waals surface area (Å²) in [5.41, 5.74) is 0. The summed E-state index contributed by atoms with van der Waals surface area (Å²) in [4.78, 5) is 23.5. The van der Waals surface area contributed by atoms with Crippen molar-refractivity contribution in [2.24, 2.45) is 11.8 Å². The van der Waals surface area contributed by atoms with Gasteiger partial charge in [-0.3, -0.25) is 4.79 Å². The molecule has 0 saturated heterocycles. The first-order valence-corrected chi connectivity index (χ1v) is 11.0. The SMILES string of the molecule is CSC[C@H](NC(=O)O)C(=O)N[C@@H](CC1CCCCC1)[C@@H](O)[C@@H](O)C1CC1. The summed E-state index contributed by atoms with van der Waals surface area (Å²) in [6, 6.07) is -1.43. The number of nitrogens with one attached hydrogen (secondary N) is 2. The highest BCUT2D eigenvalue weighted by atomic mass is 32.2. The summed E-state index contributed by atoms with van der Waals surface area (Å²) in [5.74, 6) is 0.399. The zero-order valence-electron chi connectivity index (χ0n) is 15.4. The molecule has 2 aliphatic rings. The van der Waals surface area contributed by atoms with Crippen LogP contribution >= 0.6 is 11.8 Å². The first-order valence-electron chi connectivity index (χ1n) is 9.57. The quantitative estimate of drug-likeness (QED) is 0.388. The van der Waals surface area contributed by atoms with E-state index in [-0.39, 0.29) is 5.92 Å². The third-order valence-electron chi connectivity index (χ3n) is 5.45. The number of carboxylic acid groups (broad SMARTS) is 1. The van der Waals surface area contributed by atoms with Gasteiger partial charge in [-0.1, -0.05) is 32.1 Å². The van der Waals surface area contributed by atoms with Crippen molar-refractivity contribution < 1.29 is 24.9 Å². The van der Waals surface area contributed by atoms with Gasteiger partial charge < -0.3 is 26.0 Å². The Hall–Kier alpha value is -0.990. The lowest BCUT2D eigenvalue weighted by Gasteiger charge is -2.33. The van der Waals surface area contributed by atoms with Crippen LogP contribution in [0.4, 0.5) is 4.79 Å². The summed E-state index contributed by atoms with van der Waals surface area (Å²) in [6.45, 7) is 0. The van der Waals surface area contributed by atoms with E-state index in [4.69, 9.17) is 5.11 Å². The molecule has 0 aromatic heterocycles. The molecule has 5 N–H and O–H groups in total. The van der Waals surface area contributed by atoms with Crippen LogP contribution in [0.5, 0.6) is 0 Å². The molecule has 0 heterocycles. The Bertz CT molecular complexity index is 468. The maximum absolute atomic E-state index is 12.6. The Morgan fingerprint density at radius 2 is 1.73 bits per heavy atom. The molecule has 7 nitrogen and oxygen atoms in total. The number of carbonyl (C=O) groups is 2. The third-order valence-corrected chi connectivity index (χ3v) is 6.12. The molecular formula is C18H32N2O5S. The number of hydrogen-bond acceptors (Lipinski definition) is 5. The van der Waals surface area contributed by atoms with Crippen molar-refractivity contribution in [3.8, 4) is 0 Å². The van der Waals surface area contributed by atoms with E-state index >= 15 is 0 Å². The number of thioether (sulfide) groups is 1. The Morgan fingerprint density at radius 1 is 1.08 bits per heavy atom. The molecule has 2 fully saturated rings. The molecule has 0 aromatic rings. The van der Waals surface area contributed by atoms with Gasteiger partial charge in [-0.25, -0.2) is 4.79 Å². The molecule has 2 rings (SSSR count). The number of aliphatic hydroxyl groups excluding tert-OH is 2. The van der Waals surface area contributed by atoms with Gasteiger partial charge in [0, 0.05) is 5.75 Å². The zero-order chi connectivity index (χ0) is 19.1. The van der Waals surface area contributed by atoms with E-state index in [1.165, 1.54) is 18.2 Å². The molecule has 2 amide bonds. The van der Waals surface area contributed by atoms with E-state index in [0.717, 1.165) is 38.5 Å². The van der Waals surface area contributed by atoms with Gasteiger partial charge in [-0.15, -0.1) is 0 Å². The Labute approximate surface area is 159 Å². The summed E-state index contributed by atoms with van der Waals surface area (Å²) >= 11 is 1.37. The molecule has 150 valence electrons. The van der Waals surface area contributed by atoms with Gasteiger partial charge in [0.2, 0.25) is 5.91 Å². The normalized spacial score (nSPS) is 22.9. The maximum atomic E-state index is 12.6. The average Bonchev–Trinajstić information content (AvgIpc) is 3.45. The minimum absolute atomic E-state index is 0.106. The second-order valence-electron chi connectivity index (χ2n) is 7.63. The molecule has 2 saturated carbocycles. The minimum atomic E-state index is -1.25. The zero-order valence-corrected chi connectivity index (χ0v) is 16.2. The van der Waals surface area contributed by atoms with Gasteiger partial charge in [0.15, 0.2) is 0 Å². The molecular weight excluding hydrogens is 356 g/mol. The van der Waals surface area contributed by atoms with Crippen LogP contribution in [0, 0.1) is 11.8 Å². The van der Waals surface area contributed by atoms with Crippen LogP contribution in [-0.4, -0.2) is 63.6 Å². The van der Waals surface area contributed by atoms with Crippen LogP contribution in [0.2, 0.25) is 0 Å². The smallest absolute Gasteiger partial charge is 0.405 e. The van der Waals surface area contributed by atoms with Crippen LogP contribution < -0.4 is 10.6 Å². The topological polar surface area (TPSA) is 119 Å². The molecule has 0 radical (unpaired) electrons. The average molecular weight is 389 g/mol. The van der Waals surface area contributed by atoms with Crippen molar-refractivity contribution >= 4 is 23.8 Å². The predicted molar refractivity (Wildman–Crippen MR) is 101 cm³/mol. The largest absolute Gasteiger partial charge is 0.465 e. The van der Waals surface area contributed by atoms with Crippen LogP contribution in [0.15, 0.2) is 0 Å². The second-order valence-corrected chi connectivity index (χ2v) is 8.54. The van der Waals surface area contributed by atoms with Gasteiger partial charge in [-0.05, 0) is 37.4 Å². The van der Waals surface area contributed by atoms with Crippen LogP contribution in [-0.2, 0) is 4.79 Å². The van der Waals surface area contributed by atoms with Gasteiger partial charge in [0.05, 0.1) is 12.1 Å². The Morgan fingerprint density at radius 3 is 2.27 bits per heavy atom. The molecule has 0 bridgehead atoms. The van der Waals surface area contributed by atoms with E-state index in [9.17, 15) is 19.8 Å². The number of amides is 2. The fourth-order valence-corrected chi connectivity index (χ4v) is 4.37. The fraction of sp³-hybridized carbons (Fsp3) is 0.889. The first-order chi connectivity index (χ1) is 12.4. The van der Waals surface area contributed by atoms with Crippen molar-refractivity contribution in [2.75, 3.05) is 12.0 Å². The fourth-order valence-electron chi connectivity index (χ4n) is 3.80. The van der Waals surface area contributed by atoms with Crippen molar-refractivity contribution in [2.45, 2.75) is 75.7 Å². The highest BCUT2D eigenvalue weighted by Crippen LogP contribution is 2.36. The molecule has 26 heavy (non-hydrogen) atoms. The molecule has 0 unspecified atom stereocenters. The van der Waals surface area contributed by atoms with Gasteiger partial charge in [0.1, 0.15) is 12.1 Å². The second kappa shape index (κ2) is 10.4. The van der Waals surface area contributed by atoms with E-state index in [1.54, 1.807) is 6.26 Å². The summed E-state index contributed by atoms with van der Waals surface area (Å²) < 4.78 is 0. The number of hydrogen-bond donors (Lipinski definition) is 5. The Balaban J connectivity index is 2.02. The maximum Gasteiger partial charge on any atom is 0.405 e. The van der Waals surface area contributed by atoms with E-state index < -0.39 is 36.3 Å². The summed E-state index contributed by atoms with van der Waals surface area (Å²) in [5, 5.41) is 35.0. The lowest BCUT2D eigenvalue weighted by molar-refractivity contribution is -0.125. The van der Waals surface area contributed by atoms with Gasteiger partial charge in [0.25, 0.3) is 0 Å². The monoisotopic (exact) mass is 388 g/mol. The van der Waals surface area contributed by atoms with Crippen molar-refractivity contribution in [3.63, 3.8) is 0 Å². The standard InChI is InChI=1S/C18H32N2O5S/c1-26-10-14(20-18(24)25)17(23)19-13(9-11-5-3-2-4-6-11)16(22)15(21)12-7-8-12/h11-16,20-22H,2-10H2,1H3,(H,19,23)(H,24,25)/t13-,14-,15-,16+/m0/s1. The highest BCUT2D eigenvalue weighted by molar-refractivity contribution is 7.98. The van der Waals surface area contributed by atoms with Crippen molar-refractivity contribution in [1.82, 2.24) is 10.6 Å². The lowest BCUT2D eigenvalue weighted by atomic mass is 9.82. The number of carbonyl (C=O) groups excluding carboxylic acids is 1. The van der Waals surface area contributed by atoms with Gasteiger partial charge >= 0.3 is 6.09 Å². The van der Waals surface area contributed by atoms with Crippen LogP contribution in [0.25, 0.3) is 0 Å². The van der Waals surface area contributed by atoms with Crippen molar-refractivity contribution in [3.05, 3.63) is 0 Å². The highest BCUT2D eigenvalue weighted by Gasteiger charge is 2.39. The number of aliphatic hydroxyl groups is 2. The lowest BCUT2D eigenvalue weighted by Crippen LogP contribution is -2.56. The molecule has 4 atom stereocenters. The third kappa shape index (κ3) is 6.63. The van der Waals surface area contributed by atoms with Crippen LogP contribution in [0.1, 0.15) is 51.4 Å². The van der Waals surface area contributed by atoms with E-state index in [0.29, 0.717) is 18.1 Å². The predicted octanol–water partition coefficient (Wildman–Crippen LogP) is 1.57. The van der Waals surface area contributed by atoms with Gasteiger partial charge in [-0.2, -0.15) is 11.8 Å². The van der Waals surface area contributed by atoms with E-state index in [1.807, 2.05) is 0 Å². The van der Waals surface area contributed by atoms with Crippen LogP contribution in [0.3, 0.4) is 0 Å². The summed E-state index contributed by atoms with van der Waals surface area (Å²) in [6.07, 6.45) is 6.79. The molecule has 2 aliphatic carbocycles.